The van der Waals surface area contributed by atoms with E-state index in [-0.39, 0.29) is 23.0 Å². The zero-order valence-electron chi connectivity index (χ0n) is 18.3. The number of aliphatic imine (C=N–C) groups is 1. The molecule has 0 radical (unpaired) electrons. The fraction of sp³-hybridized carbons (Fsp3) is 0.185. The molecule has 0 unspecified atom stereocenters. The van der Waals surface area contributed by atoms with Gasteiger partial charge < -0.3 is 4.74 Å². The monoisotopic (exact) mass is 506 g/mol. The number of unbranched alkanes of at least 4 members (excludes halogenated alkanes) is 2. The summed E-state index contributed by atoms with van der Waals surface area (Å²) in [6.45, 7) is 2.80. The van der Waals surface area contributed by atoms with E-state index in [1.54, 1.807) is 36.4 Å². The molecule has 1 aliphatic heterocycles. The van der Waals surface area contributed by atoms with Crippen molar-refractivity contribution in [1.82, 2.24) is 0 Å². The maximum atomic E-state index is 14.7. The van der Waals surface area contributed by atoms with Crippen molar-refractivity contribution < 1.29 is 13.9 Å². The third-order valence-electron chi connectivity index (χ3n) is 5.26. The number of amidine groups is 1. The first kappa shape index (κ1) is 22.9. The van der Waals surface area contributed by atoms with Gasteiger partial charge in [-0.2, -0.15) is 0 Å². The van der Waals surface area contributed by atoms with Gasteiger partial charge in [-0.25, -0.2) is 9.38 Å². The number of carbonyl (C=O) groups is 1. The van der Waals surface area contributed by atoms with Crippen molar-refractivity contribution in [3.05, 3.63) is 99.9 Å². The Morgan fingerprint density at radius 3 is 2.42 bits per heavy atom. The minimum atomic E-state index is -0.435. The van der Waals surface area contributed by atoms with E-state index in [2.05, 4.69) is 27.8 Å². The molecule has 3 aromatic rings. The number of carbonyl (C=O) groups excluding carboxylic acids is 1. The van der Waals surface area contributed by atoms with Crippen LogP contribution in [-0.2, 0) is 4.79 Å². The normalized spacial score (nSPS) is 14.6. The molecule has 1 aliphatic rings. The summed E-state index contributed by atoms with van der Waals surface area (Å²) in [5.74, 6) is 0.247. The fourth-order valence-corrected chi connectivity index (χ4v) is 3.79. The average Bonchev–Trinajstić information content (AvgIpc) is 3.14. The lowest BCUT2D eigenvalue weighted by molar-refractivity contribution is -0.113. The fourth-order valence-electron chi connectivity index (χ4n) is 3.53. The second-order valence-electron chi connectivity index (χ2n) is 7.69. The Hall–Kier alpha value is -3.25. The first-order chi connectivity index (χ1) is 16.1. The number of nitrogens with zero attached hydrogens (tertiary/aromatic N) is 2. The van der Waals surface area contributed by atoms with Crippen molar-refractivity contribution in [1.29, 1.82) is 0 Å². The summed E-state index contributed by atoms with van der Waals surface area (Å²) in [5, 5.41) is 0. The summed E-state index contributed by atoms with van der Waals surface area (Å²) in [6, 6.07) is 21.1. The zero-order chi connectivity index (χ0) is 23.2. The smallest absolute Gasteiger partial charge is 0.282 e. The standard InChI is InChI=1S/C27H24BrFN2O2/c1-2-3-6-17-33-22-15-13-21(14-16-22)31-26(23-7-4-5-8-24(23)29)30-25(27(31)32)18-19-9-11-20(28)12-10-19/h4-5,7-16,18H,2-3,6,17H2,1H3/b25-18-. The van der Waals surface area contributed by atoms with Crippen molar-refractivity contribution >= 4 is 39.4 Å². The largest absolute Gasteiger partial charge is 0.494 e. The SMILES string of the molecule is CCCCCOc1ccc(N2C(=O)/C(=C/c3ccc(Br)cc3)N=C2c2ccccc2F)cc1. The van der Waals surface area contributed by atoms with Crippen LogP contribution in [0.3, 0.4) is 0 Å². The summed E-state index contributed by atoms with van der Waals surface area (Å²) >= 11 is 3.41. The number of benzene rings is 3. The molecule has 33 heavy (non-hydrogen) atoms. The molecule has 0 N–H and O–H groups in total. The van der Waals surface area contributed by atoms with Crippen LogP contribution in [0.2, 0.25) is 0 Å². The Morgan fingerprint density at radius 1 is 1.00 bits per heavy atom. The lowest BCUT2D eigenvalue weighted by atomic mass is 10.1. The van der Waals surface area contributed by atoms with E-state index in [1.807, 2.05) is 36.4 Å². The molecule has 168 valence electrons. The highest BCUT2D eigenvalue weighted by atomic mass is 79.9. The van der Waals surface area contributed by atoms with Crippen LogP contribution in [-0.4, -0.2) is 18.3 Å². The summed E-state index contributed by atoms with van der Waals surface area (Å²) in [7, 11) is 0. The van der Waals surface area contributed by atoms with Crippen molar-refractivity contribution in [2.45, 2.75) is 26.2 Å². The number of halogens is 2. The number of amides is 1. The van der Waals surface area contributed by atoms with Gasteiger partial charge in [0.25, 0.3) is 5.91 Å². The third kappa shape index (κ3) is 5.40. The quantitative estimate of drug-likeness (QED) is 0.244. The molecule has 3 aromatic carbocycles. The molecule has 6 heteroatoms. The first-order valence-electron chi connectivity index (χ1n) is 10.9. The molecule has 0 aliphatic carbocycles. The number of rotatable bonds is 8. The van der Waals surface area contributed by atoms with Crippen LogP contribution in [0.4, 0.5) is 10.1 Å². The van der Waals surface area contributed by atoms with Gasteiger partial charge in [0.15, 0.2) is 5.84 Å². The highest BCUT2D eigenvalue weighted by Crippen LogP contribution is 2.30. The van der Waals surface area contributed by atoms with Crippen LogP contribution < -0.4 is 9.64 Å². The van der Waals surface area contributed by atoms with E-state index in [1.165, 1.54) is 11.0 Å². The van der Waals surface area contributed by atoms with Crippen molar-refractivity contribution in [3.8, 4) is 5.75 Å². The molecule has 0 fully saturated rings. The van der Waals surface area contributed by atoms with Gasteiger partial charge in [-0.1, -0.05) is 60.0 Å². The van der Waals surface area contributed by atoms with E-state index in [9.17, 15) is 9.18 Å². The van der Waals surface area contributed by atoms with Crippen molar-refractivity contribution in [2.24, 2.45) is 4.99 Å². The molecule has 0 saturated carbocycles. The predicted molar refractivity (Wildman–Crippen MR) is 134 cm³/mol. The molecule has 0 spiro atoms. The van der Waals surface area contributed by atoms with Gasteiger partial charge in [0.2, 0.25) is 0 Å². The van der Waals surface area contributed by atoms with Gasteiger partial charge in [0, 0.05) is 4.47 Å². The van der Waals surface area contributed by atoms with Crippen LogP contribution in [0.5, 0.6) is 5.75 Å². The molecule has 1 heterocycles. The van der Waals surface area contributed by atoms with Gasteiger partial charge in [-0.3, -0.25) is 9.69 Å². The summed E-state index contributed by atoms with van der Waals surface area (Å²) in [4.78, 5) is 19.4. The first-order valence-corrected chi connectivity index (χ1v) is 11.7. The Morgan fingerprint density at radius 2 is 1.73 bits per heavy atom. The molecule has 0 bridgehead atoms. The molecule has 4 rings (SSSR count). The Bertz CT molecular complexity index is 1190. The lowest BCUT2D eigenvalue weighted by Gasteiger charge is -2.19. The van der Waals surface area contributed by atoms with Gasteiger partial charge in [-0.15, -0.1) is 0 Å². The van der Waals surface area contributed by atoms with E-state index < -0.39 is 5.82 Å². The Kier molecular flexibility index (Phi) is 7.35. The van der Waals surface area contributed by atoms with Crippen LogP contribution in [0.1, 0.15) is 37.3 Å². The van der Waals surface area contributed by atoms with Crippen LogP contribution in [0.15, 0.2) is 88.0 Å². The minimum absolute atomic E-state index is 0.246. The zero-order valence-corrected chi connectivity index (χ0v) is 19.9. The van der Waals surface area contributed by atoms with E-state index in [0.29, 0.717) is 12.3 Å². The number of ether oxygens (including phenoxy) is 1. The van der Waals surface area contributed by atoms with Crippen LogP contribution >= 0.6 is 15.9 Å². The highest BCUT2D eigenvalue weighted by Gasteiger charge is 2.33. The van der Waals surface area contributed by atoms with Crippen molar-refractivity contribution in [2.75, 3.05) is 11.5 Å². The number of hydrogen-bond acceptors (Lipinski definition) is 3. The van der Waals surface area contributed by atoms with Gasteiger partial charge in [-0.05, 0) is 66.6 Å². The highest BCUT2D eigenvalue weighted by molar-refractivity contribution is 9.10. The Labute approximate surface area is 201 Å². The predicted octanol–water partition coefficient (Wildman–Crippen LogP) is 6.99. The molecule has 0 atom stereocenters. The summed E-state index contributed by atoms with van der Waals surface area (Å²) in [5.41, 5.74) is 1.94. The molecular weight excluding hydrogens is 483 g/mol. The van der Waals surface area contributed by atoms with E-state index >= 15 is 0 Å². The maximum absolute atomic E-state index is 14.7. The topological polar surface area (TPSA) is 41.9 Å². The minimum Gasteiger partial charge on any atom is -0.494 e. The van der Waals surface area contributed by atoms with Gasteiger partial charge in [0.05, 0.1) is 17.9 Å². The summed E-state index contributed by atoms with van der Waals surface area (Å²) in [6.07, 6.45) is 4.96. The maximum Gasteiger partial charge on any atom is 0.282 e. The van der Waals surface area contributed by atoms with E-state index in [4.69, 9.17) is 4.74 Å². The molecular formula is C27H24BrFN2O2. The second kappa shape index (κ2) is 10.6. The third-order valence-corrected chi connectivity index (χ3v) is 5.79. The number of anilines is 1. The number of hydrogen-bond donors (Lipinski definition) is 0. The molecule has 1 amide bonds. The second-order valence-corrected chi connectivity index (χ2v) is 8.60. The van der Waals surface area contributed by atoms with Gasteiger partial charge >= 0.3 is 0 Å². The molecule has 4 nitrogen and oxygen atoms in total. The van der Waals surface area contributed by atoms with Crippen LogP contribution in [0, 0.1) is 5.82 Å². The lowest BCUT2D eigenvalue weighted by Crippen LogP contribution is -2.33. The van der Waals surface area contributed by atoms with Gasteiger partial charge in [0.1, 0.15) is 17.3 Å². The average molecular weight is 507 g/mol. The van der Waals surface area contributed by atoms with Crippen molar-refractivity contribution in [3.63, 3.8) is 0 Å². The molecule has 0 aromatic heterocycles. The Balaban J connectivity index is 1.67. The van der Waals surface area contributed by atoms with Crippen LogP contribution in [0.25, 0.3) is 6.08 Å². The molecule has 0 saturated heterocycles. The van der Waals surface area contributed by atoms with E-state index in [0.717, 1.165) is 35.0 Å². The summed E-state index contributed by atoms with van der Waals surface area (Å²) < 4.78 is 21.4.